The zero-order valence-electron chi connectivity index (χ0n) is 9.76. The molecule has 0 atom stereocenters. The van der Waals surface area contributed by atoms with Gasteiger partial charge in [0, 0.05) is 12.0 Å². The van der Waals surface area contributed by atoms with Crippen molar-refractivity contribution in [2.75, 3.05) is 0 Å². The molecule has 1 aromatic rings. The zero-order chi connectivity index (χ0) is 11.1. The quantitative estimate of drug-likeness (QED) is 0.682. The Hall–Kier alpha value is -1.11. The first kappa shape index (κ1) is 10.4. The van der Waals surface area contributed by atoms with Crippen LogP contribution in [-0.4, -0.2) is 5.78 Å². The number of hydrogen-bond acceptors (Lipinski definition) is 1. The Morgan fingerprint density at radius 2 is 2.00 bits per heavy atom. The third-order valence-corrected chi connectivity index (χ3v) is 3.19. The highest BCUT2D eigenvalue weighted by molar-refractivity contribution is 5.99. The van der Waals surface area contributed by atoms with Crippen LogP contribution < -0.4 is 0 Å². The Labute approximate surface area is 91.5 Å². The molecule has 0 fully saturated rings. The lowest BCUT2D eigenvalue weighted by atomic mass is 9.73. The first-order chi connectivity index (χ1) is 7.02. The van der Waals surface area contributed by atoms with Gasteiger partial charge in [-0.25, -0.2) is 0 Å². The molecule has 1 heteroatoms. The third kappa shape index (κ3) is 1.97. The lowest BCUT2D eigenvalue weighted by Crippen LogP contribution is -2.26. The van der Waals surface area contributed by atoms with Crippen LogP contribution >= 0.6 is 0 Å². The van der Waals surface area contributed by atoms with Crippen molar-refractivity contribution in [1.82, 2.24) is 0 Å². The number of aryl methyl sites for hydroxylation is 1. The molecular weight excluding hydrogens is 184 g/mol. The maximum Gasteiger partial charge on any atom is 0.163 e. The monoisotopic (exact) mass is 202 g/mol. The number of rotatable bonds is 1. The number of Topliss-reactive ketones (excluding diaryl/α,β-unsaturated/α-hetero) is 1. The van der Waals surface area contributed by atoms with E-state index >= 15 is 0 Å². The van der Waals surface area contributed by atoms with E-state index in [1.165, 1.54) is 11.1 Å². The summed E-state index contributed by atoms with van der Waals surface area (Å²) >= 11 is 0. The molecule has 2 rings (SSSR count). The van der Waals surface area contributed by atoms with Crippen LogP contribution in [0.2, 0.25) is 0 Å². The van der Waals surface area contributed by atoms with Gasteiger partial charge in [-0.3, -0.25) is 4.79 Å². The fourth-order valence-electron chi connectivity index (χ4n) is 2.39. The molecular formula is C14H18O. The Balaban J connectivity index is 2.46. The molecule has 0 radical (unpaired) electrons. The van der Waals surface area contributed by atoms with E-state index in [1.54, 1.807) is 0 Å². The Morgan fingerprint density at radius 1 is 1.27 bits per heavy atom. The van der Waals surface area contributed by atoms with Crippen LogP contribution in [0.4, 0.5) is 0 Å². The average Bonchev–Trinajstić information content (AvgIpc) is 2.14. The minimum atomic E-state index is 0.135. The van der Waals surface area contributed by atoms with E-state index in [0.717, 1.165) is 18.4 Å². The number of carbonyl (C=O) groups is 1. The highest BCUT2D eigenvalue weighted by atomic mass is 16.1. The molecule has 0 saturated heterocycles. The maximum atomic E-state index is 11.9. The highest BCUT2D eigenvalue weighted by Gasteiger charge is 2.30. The van der Waals surface area contributed by atoms with E-state index in [2.05, 4.69) is 32.9 Å². The molecule has 1 aliphatic rings. The lowest BCUT2D eigenvalue weighted by molar-refractivity contribution is 0.0912. The van der Waals surface area contributed by atoms with Gasteiger partial charge in [-0.05, 0) is 29.4 Å². The Morgan fingerprint density at radius 3 is 2.67 bits per heavy atom. The molecule has 1 aromatic carbocycles. The molecule has 0 unspecified atom stereocenters. The standard InChI is InChI=1S/C14H18O/c1-4-10-5-6-12-11(7-10)8-14(2,3)9-13(12)15/h5-7H,4,8-9H2,1-3H3. The maximum absolute atomic E-state index is 11.9. The summed E-state index contributed by atoms with van der Waals surface area (Å²) in [5.74, 6) is 0.309. The van der Waals surface area contributed by atoms with Crippen LogP contribution in [0, 0.1) is 5.41 Å². The summed E-state index contributed by atoms with van der Waals surface area (Å²) in [7, 11) is 0. The summed E-state index contributed by atoms with van der Waals surface area (Å²) in [5.41, 5.74) is 3.66. The molecule has 0 amide bonds. The molecule has 0 heterocycles. The van der Waals surface area contributed by atoms with Crippen molar-refractivity contribution in [2.24, 2.45) is 5.41 Å². The van der Waals surface area contributed by atoms with Gasteiger partial charge in [0.25, 0.3) is 0 Å². The molecule has 0 bridgehead atoms. The lowest BCUT2D eigenvalue weighted by Gasteiger charge is -2.30. The van der Waals surface area contributed by atoms with E-state index < -0.39 is 0 Å². The predicted octanol–water partition coefficient (Wildman–Crippen LogP) is 3.40. The first-order valence-electron chi connectivity index (χ1n) is 5.67. The minimum Gasteiger partial charge on any atom is -0.294 e. The number of hydrogen-bond donors (Lipinski definition) is 0. The normalized spacial score (nSPS) is 18.7. The van der Waals surface area contributed by atoms with Gasteiger partial charge < -0.3 is 0 Å². The van der Waals surface area contributed by atoms with Crippen LogP contribution in [-0.2, 0) is 12.8 Å². The van der Waals surface area contributed by atoms with Gasteiger partial charge in [-0.2, -0.15) is 0 Å². The van der Waals surface area contributed by atoms with Crippen molar-refractivity contribution >= 4 is 5.78 Å². The molecule has 0 N–H and O–H groups in total. The summed E-state index contributed by atoms with van der Waals surface area (Å²) in [4.78, 5) is 11.9. The van der Waals surface area contributed by atoms with Crippen molar-refractivity contribution < 1.29 is 4.79 Å². The number of fused-ring (bicyclic) bond motifs is 1. The van der Waals surface area contributed by atoms with Gasteiger partial charge in [0.15, 0.2) is 5.78 Å². The Bertz CT molecular complexity index is 402. The van der Waals surface area contributed by atoms with E-state index in [0.29, 0.717) is 12.2 Å². The van der Waals surface area contributed by atoms with Gasteiger partial charge in [0.2, 0.25) is 0 Å². The topological polar surface area (TPSA) is 17.1 Å². The van der Waals surface area contributed by atoms with Gasteiger partial charge in [-0.1, -0.05) is 39.0 Å². The molecule has 15 heavy (non-hydrogen) atoms. The van der Waals surface area contributed by atoms with E-state index in [9.17, 15) is 4.79 Å². The van der Waals surface area contributed by atoms with Crippen LogP contribution in [0.3, 0.4) is 0 Å². The zero-order valence-corrected chi connectivity index (χ0v) is 9.76. The third-order valence-electron chi connectivity index (χ3n) is 3.19. The van der Waals surface area contributed by atoms with Crippen LogP contribution in [0.1, 0.15) is 48.7 Å². The molecule has 0 aromatic heterocycles. The molecule has 1 aliphatic carbocycles. The minimum absolute atomic E-state index is 0.135. The second kappa shape index (κ2) is 3.48. The molecule has 0 saturated carbocycles. The summed E-state index contributed by atoms with van der Waals surface area (Å²) < 4.78 is 0. The van der Waals surface area contributed by atoms with E-state index in [1.807, 2.05) is 6.07 Å². The van der Waals surface area contributed by atoms with Crippen molar-refractivity contribution in [3.8, 4) is 0 Å². The fraction of sp³-hybridized carbons (Fsp3) is 0.500. The summed E-state index contributed by atoms with van der Waals surface area (Å²) in [6, 6.07) is 6.29. The van der Waals surface area contributed by atoms with Gasteiger partial charge in [0.05, 0.1) is 0 Å². The highest BCUT2D eigenvalue weighted by Crippen LogP contribution is 2.34. The van der Waals surface area contributed by atoms with Gasteiger partial charge in [-0.15, -0.1) is 0 Å². The van der Waals surface area contributed by atoms with Crippen LogP contribution in [0.15, 0.2) is 18.2 Å². The second-order valence-corrected chi connectivity index (χ2v) is 5.29. The van der Waals surface area contributed by atoms with Crippen molar-refractivity contribution in [2.45, 2.75) is 40.0 Å². The van der Waals surface area contributed by atoms with Gasteiger partial charge in [0.1, 0.15) is 0 Å². The number of carbonyl (C=O) groups excluding carboxylic acids is 1. The SMILES string of the molecule is CCc1ccc2c(c1)CC(C)(C)CC2=O. The predicted molar refractivity (Wildman–Crippen MR) is 62.3 cm³/mol. The molecule has 80 valence electrons. The average molecular weight is 202 g/mol. The summed E-state index contributed by atoms with van der Waals surface area (Å²) in [6.07, 6.45) is 2.76. The second-order valence-electron chi connectivity index (χ2n) is 5.29. The summed E-state index contributed by atoms with van der Waals surface area (Å²) in [6.45, 7) is 6.50. The van der Waals surface area contributed by atoms with Crippen molar-refractivity contribution in [3.05, 3.63) is 34.9 Å². The van der Waals surface area contributed by atoms with Crippen LogP contribution in [0.5, 0.6) is 0 Å². The summed E-state index contributed by atoms with van der Waals surface area (Å²) in [5, 5.41) is 0. The first-order valence-corrected chi connectivity index (χ1v) is 5.67. The van der Waals surface area contributed by atoms with Gasteiger partial charge >= 0.3 is 0 Å². The van der Waals surface area contributed by atoms with E-state index in [-0.39, 0.29) is 5.41 Å². The number of benzene rings is 1. The van der Waals surface area contributed by atoms with Crippen molar-refractivity contribution in [1.29, 1.82) is 0 Å². The number of ketones is 1. The smallest absolute Gasteiger partial charge is 0.163 e. The largest absolute Gasteiger partial charge is 0.294 e. The van der Waals surface area contributed by atoms with Crippen molar-refractivity contribution in [3.63, 3.8) is 0 Å². The molecule has 0 aliphatic heterocycles. The molecule has 1 nitrogen and oxygen atoms in total. The Kier molecular flexibility index (Phi) is 2.41. The fourth-order valence-corrected chi connectivity index (χ4v) is 2.39. The van der Waals surface area contributed by atoms with E-state index in [4.69, 9.17) is 0 Å². The molecule has 0 spiro atoms. The van der Waals surface area contributed by atoms with Crippen LogP contribution in [0.25, 0.3) is 0 Å².